The SMILES string of the molecule is COc1ccc(/C=C/c2nn(CC(=O)N3CCC(C(N)=O)CC3)c(=O)o2)c(Cl)c1OC. The van der Waals surface area contributed by atoms with Crippen LogP contribution in [0.5, 0.6) is 11.5 Å². The number of amides is 2. The lowest BCUT2D eigenvalue weighted by Gasteiger charge is -2.30. The summed E-state index contributed by atoms with van der Waals surface area (Å²) in [5.41, 5.74) is 5.91. The van der Waals surface area contributed by atoms with E-state index in [1.165, 1.54) is 20.3 Å². The Morgan fingerprint density at radius 2 is 1.97 bits per heavy atom. The van der Waals surface area contributed by atoms with Crippen LogP contribution in [-0.4, -0.2) is 53.8 Å². The molecule has 1 aliphatic heterocycles. The Morgan fingerprint density at radius 3 is 2.58 bits per heavy atom. The van der Waals surface area contributed by atoms with E-state index in [0.717, 1.165) is 4.68 Å². The maximum absolute atomic E-state index is 12.5. The number of nitrogens with two attached hydrogens (primary N) is 1. The lowest BCUT2D eigenvalue weighted by molar-refractivity contribution is -0.135. The Balaban J connectivity index is 1.68. The van der Waals surface area contributed by atoms with E-state index in [1.807, 2.05) is 0 Å². The topological polar surface area (TPSA) is 130 Å². The van der Waals surface area contributed by atoms with E-state index < -0.39 is 5.76 Å². The molecule has 0 unspecified atom stereocenters. The van der Waals surface area contributed by atoms with E-state index in [2.05, 4.69) is 5.10 Å². The Hall–Kier alpha value is -3.27. The number of nitrogens with zero attached hydrogens (tertiary/aromatic N) is 3. The summed E-state index contributed by atoms with van der Waals surface area (Å²) in [4.78, 5) is 37.4. The molecule has 0 radical (unpaired) electrons. The first-order valence-electron chi connectivity index (χ1n) is 9.57. The summed E-state index contributed by atoms with van der Waals surface area (Å²) >= 11 is 6.33. The fourth-order valence-corrected chi connectivity index (χ4v) is 3.62. The number of hydrogen-bond acceptors (Lipinski definition) is 7. The summed E-state index contributed by atoms with van der Waals surface area (Å²) in [5.74, 6) is -0.723. The molecular formula is C20H23ClN4O6. The molecule has 2 heterocycles. The van der Waals surface area contributed by atoms with Crippen molar-refractivity contribution in [2.24, 2.45) is 11.7 Å². The minimum absolute atomic E-state index is 0.0242. The number of likely N-dealkylation sites (tertiary alicyclic amines) is 1. The number of aromatic nitrogens is 2. The summed E-state index contributed by atoms with van der Waals surface area (Å²) < 4.78 is 16.5. The van der Waals surface area contributed by atoms with E-state index in [0.29, 0.717) is 48.0 Å². The number of rotatable bonds is 7. The summed E-state index contributed by atoms with van der Waals surface area (Å²) in [6.07, 6.45) is 4.09. The number of ether oxygens (including phenoxy) is 2. The van der Waals surface area contributed by atoms with Gasteiger partial charge in [0.15, 0.2) is 11.5 Å². The van der Waals surface area contributed by atoms with Crippen LogP contribution in [0.1, 0.15) is 24.3 Å². The first-order chi connectivity index (χ1) is 14.8. The van der Waals surface area contributed by atoms with Gasteiger partial charge in [-0.3, -0.25) is 9.59 Å². The molecule has 1 fully saturated rings. The quantitative estimate of drug-likeness (QED) is 0.674. The number of piperidine rings is 1. The van der Waals surface area contributed by atoms with E-state index in [4.69, 9.17) is 31.2 Å². The van der Waals surface area contributed by atoms with Crippen molar-refractivity contribution in [3.8, 4) is 11.5 Å². The van der Waals surface area contributed by atoms with Gasteiger partial charge >= 0.3 is 5.76 Å². The summed E-state index contributed by atoms with van der Waals surface area (Å²) in [6.45, 7) is 0.557. The third kappa shape index (κ3) is 5.08. The average molecular weight is 451 g/mol. The molecule has 2 aromatic rings. The minimum atomic E-state index is -0.751. The number of carbonyl (C=O) groups excluding carboxylic acids is 2. The van der Waals surface area contributed by atoms with Crippen molar-refractivity contribution >= 4 is 35.6 Å². The smallest absolute Gasteiger partial charge is 0.437 e. The highest BCUT2D eigenvalue weighted by molar-refractivity contribution is 6.34. The van der Waals surface area contributed by atoms with Gasteiger partial charge in [0, 0.05) is 25.1 Å². The second-order valence-electron chi connectivity index (χ2n) is 6.96. The molecule has 0 atom stereocenters. The third-order valence-electron chi connectivity index (χ3n) is 5.08. The molecule has 1 saturated heterocycles. The summed E-state index contributed by atoms with van der Waals surface area (Å²) in [7, 11) is 2.98. The normalized spacial score (nSPS) is 14.7. The Labute approximate surface area is 183 Å². The largest absolute Gasteiger partial charge is 0.493 e. The molecular weight excluding hydrogens is 428 g/mol. The Morgan fingerprint density at radius 1 is 1.26 bits per heavy atom. The van der Waals surface area contributed by atoms with Gasteiger partial charge in [0.05, 0.1) is 19.2 Å². The van der Waals surface area contributed by atoms with Crippen LogP contribution in [0.15, 0.2) is 21.3 Å². The molecule has 0 saturated carbocycles. The molecule has 1 aromatic heterocycles. The van der Waals surface area contributed by atoms with Crippen molar-refractivity contribution in [3.63, 3.8) is 0 Å². The van der Waals surface area contributed by atoms with E-state index >= 15 is 0 Å². The van der Waals surface area contributed by atoms with Gasteiger partial charge < -0.3 is 24.5 Å². The highest BCUT2D eigenvalue weighted by Crippen LogP contribution is 2.37. The maximum Gasteiger partial charge on any atom is 0.437 e. The zero-order chi connectivity index (χ0) is 22.5. The number of benzene rings is 1. The first kappa shape index (κ1) is 22.4. The lowest BCUT2D eigenvalue weighted by atomic mass is 9.96. The molecule has 0 bridgehead atoms. The van der Waals surface area contributed by atoms with Gasteiger partial charge in [-0.1, -0.05) is 11.6 Å². The van der Waals surface area contributed by atoms with E-state index in [1.54, 1.807) is 23.1 Å². The van der Waals surface area contributed by atoms with Gasteiger partial charge in [-0.15, -0.1) is 5.10 Å². The standard InChI is InChI=1S/C20H23ClN4O6/c1-29-14-5-3-12(17(21)18(14)30-2)4-6-15-23-25(20(28)31-15)11-16(26)24-9-7-13(8-10-24)19(22)27/h3-6,13H,7-11H2,1-2H3,(H2,22,27)/b6-4+. The van der Waals surface area contributed by atoms with Gasteiger partial charge in [0.2, 0.25) is 17.7 Å². The molecule has 3 rings (SSSR count). The average Bonchev–Trinajstić information content (AvgIpc) is 3.11. The molecule has 1 aliphatic rings. The van der Waals surface area contributed by atoms with Gasteiger partial charge in [-0.25, -0.2) is 4.79 Å². The van der Waals surface area contributed by atoms with Crippen molar-refractivity contribution in [2.45, 2.75) is 19.4 Å². The van der Waals surface area contributed by atoms with Crippen LogP contribution in [0.3, 0.4) is 0 Å². The third-order valence-corrected chi connectivity index (χ3v) is 5.47. The number of carbonyl (C=O) groups is 2. The summed E-state index contributed by atoms with van der Waals surface area (Å²) in [6, 6.07) is 3.41. The van der Waals surface area contributed by atoms with Crippen molar-refractivity contribution in [1.82, 2.24) is 14.7 Å². The van der Waals surface area contributed by atoms with Crippen molar-refractivity contribution in [1.29, 1.82) is 0 Å². The fraction of sp³-hybridized carbons (Fsp3) is 0.400. The molecule has 2 N–H and O–H groups in total. The zero-order valence-corrected chi connectivity index (χ0v) is 17.9. The molecule has 0 aliphatic carbocycles. The predicted octanol–water partition coefficient (Wildman–Crippen LogP) is 1.40. The van der Waals surface area contributed by atoms with Crippen LogP contribution in [0.2, 0.25) is 5.02 Å². The molecule has 1 aromatic carbocycles. The predicted molar refractivity (Wildman–Crippen MR) is 113 cm³/mol. The van der Waals surface area contributed by atoms with Crippen LogP contribution in [0.25, 0.3) is 12.2 Å². The van der Waals surface area contributed by atoms with Gasteiger partial charge in [-0.2, -0.15) is 4.68 Å². The molecule has 10 nitrogen and oxygen atoms in total. The number of hydrogen-bond donors (Lipinski definition) is 1. The highest BCUT2D eigenvalue weighted by atomic mass is 35.5. The van der Waals surface area contributed by atoms with Crippen LogP contribution in [0.4, 0.5) is 0 Å². The number of primary amides is 1. The molecule has 11 heteroatoms. The second kappa shape index (κ2) is 9.69. The Bertz CT molecular complexity index is 1050. The number of methoxy groups -OCH3 is 2. The lowest BCUT2D eigenvalue weighted by Crippen LogP contribution is -2.43. The van der Waals surface area contributed by atoms with Gasteiger partial charge in [0.25, 0.3) is 0 Å². The van der Waals surface area contributed by atoms with E-state index in [-0.39, 0.29) is 30.2 Å². The number of halogens is 1. The van der Waals surface area contributed by atoms with Gasteiger partial charge in [0.1, 0.15) is 6.54 Å². The van der Waals surface area contributed by atoms with Crippen LogP contribution in [-0.2, 0) is 16.1 Å². The molecule has 31 heavy (non-hydrogen) atoms. The highest BCUT2D eigenvalue weighted by Gasteiger charge is 2.26. The van der Waals surface area contributed by atoms with Crippen LogP contribution >= 0.6 is 11.6 Å². The van der Waals surface area contributed by atoms with Crippen molar-refractivity contribution in [2.75, 3.05) is 27.3 Å². The Kier molecular flexibility index (Phi) is 7.01. The first-order valence-corrected chi connectivity index (χ1v) is 9.95. The second-order valence-corrected chi connectivity index (χ2v) is 7.34. The van der Waals surface area contributed by atoms with E-state index in [9.17, 15) is 14.4 Å². The zero-order valence-electron chi connectivity index (χ0n) is 17.2. The van der Waals surface area contributed by atoms with Gasteiger partial charge in [-0.05, 0) is 36.6 Å². The van der Waals surface area contributed by atoms with Crippen molar-refractivity contribution < 1.29 is 23.5 Å². The minimum Gasteiger partial charge on any atom is -0.493 e. The molecule has 2 amide bonds. The van der Waals surface area contributed by atoms with Crippen LogP contribution in [0, 0.1) is 5.92 Å². The summed E-state index contributed by atoms with van der Waals surface area (Å²) in [5, 5.41) is 4.37. The fourth-order valence-electron chi connectivity index (χ4n) is 3.33. The van der Waals surface area contributed by atoms with Crippen molar-refractivity contribution in [3.05, 3.63) is 39.2 Å². The molecule has 0 spiro atoms. The maximum atomic E-state index is 12.5. The monoisotopic (exact) mass is 450 g/mol. The van der Waals surface area contributed by atoms with Crippen LogP contribution < -0.4 is 21.0 Å². The molecule has 166 valence electrons.